The fourth-order valence-electron chi connectivity index (χ4n) is 1.68. The molecule has 1 aromatic rings. The van der Waals surface area contributed by atoms with E-state index in [2.05, 4.69) is 10.2 Å². The summed E-state index contributed by atoms with van der Waals surface area (Å²) in [7, 11) is 2.05. The summed E-state index contributed by atoms with van der Waals surface area (Å²) < 4.78 is 0. The van der Waals surface area contributed by atoms with Crippen LogP contribution in [0.2, 0.25) is 0 Å². The zero-order valence-corrected chi connectivity index (χ0v) is 7.75. The average Bonchev–Trinajstić information content (AvgIpc) is 2.30. The number of para-hydroxylation sites is 1. The number of phenolic OH excluding ortho intramolecular Hbond substituents is 1. The molecule has 70 valence electrons. The van der Waals surface area contributed by atoms with Crippen molar-refractivity contribution in [1.29, 1.82) is 0 Å². The predicted molar refractivity (Wildman–Crippen MR) is 54.5 cm³/mol. The van der Waals surface area contributed by atoms with Crippen molar-refractivity contribution in [3.63, 3.8) is 0 Å². The zero-order valence-electron chi connectivity index (χ0n) is 7.75. The van der Waals surface area contributed by atoms with E-state index in [1.165, 1.54) is 0 Å². The fraction of sp³-hybridized carbons (Fsp3) is 0.400. The molecular formula is C10H14N2O. The highest BCUT2D eigenvalue weighted by atomic mass is 16.3. The minimum atomic E-state index is 0.339. The van der Waals surface area contributed by atoms with Gasteiger partial charge in [0.2, 0.25) is 0 Å². The van der Waals surface area contributed by atoms with E-state index in [1.807, 2.05) is 19.2 Å². The Hall–Kier alpha value is -1.38. The Morgan fingerprint density at radius 2 is 2.31 bits per heavy atom. The third-order valence-corrected chi connectivity index (χ3v) is 2.40. The molecule has 1 aromatic carbocycles. The predicted octanol–water partition coefficient (Wildman–Crippen LogP) is 1.64. The van der Waals surface area contributed by atoms with Gasteiger partial charge >= 0.3 is 0 Å². The normalized spacial score (nSPS) is 15.9. The molecule has 13 heavy (non-hydrogen) atoms. The summed E-state index contributed by atoms with van der Waals surface area (Å²) in [6, 6.07) is 5.61. The number of rotatable bonds is 0. The van der Waals surface area contributed by atoms with Gasteiger partial charge in [0.1, 0.15) is 11.4 Å². The third-order valence-electron chi connectivity index (χ3n) is 2.40. The lowest BCUT2D eigenvalue weighted by Gasteiger charge is -2.18. The standard InChI is InChI=1S/C10H14N2O/c1-12-7-3-6-11-10-8(12)4-2-5-9(10)13/h2,4-5,11,13H,3,6-7H2,1H3. The van der Waals surface area contributed by atoms with Gasteiger partial charge in [-0.15, -0.1) is 0 Å². The number of nitrogens with one attached hydrogen (secondary N) is 1. The van der Waals surface area contributed by atoms with Gasteiger partial charge in [-0.3, -0.25) is 0 Å². The molecule has 0 aromatic heterocycles. The number of hydrogen-bond acceptors (Lipinski definition) is 3. The van der Waals surface area contributed by atoms with Crippen LogP contribution in [0.25, 0.3) is 0 Å². The van der Waals surface area contributed by atoms with Gasteiger partial charge in [0, 0.05) is 20.1 Å². The first-order chi connectivity index (χ1) is 6.29. The van der Waals surface area contributed by atoms with Crippen molar-refractivity contribution in [2.45, 2.75) is 6.42 Å². The smallest absolute Gasteiger partial charge is 0.140 e. The summed E-state index contributed by atoms with van der Waals surface area (Å²) in [4.78, 5) is 2.16. The van der Waals surface area contributed by atoms with Gasteiger partial charge in [0.25, 0.3) is 0 Å². The van der Waals surface area contributed by atoms with Gasteiger partial charge in [0.15, 0.2) is 0 Å². The van der Waals surface area contributed by atoms with E-state index in [-0.39, 0.29) is 0 Å². The highest BCUT2D eigenvalue weighted by molar-refractivity contribution is 5.76. The molecule has 0 saturated carbocycles. The lowest BCUT2D eigenvalue weighted by Crippen LogP contribution is -2.17. The van der Waals surface area contributed by atoms with E-state index in [1.54, 1.807) is 6.07 Å². The van der Waals surface area contributed by atoms with Crippen LogP contribution < -0.4 is 10.2 Å². The molecule has 0 spiro atoms. The van der Waals surface area contributed by atoms with Crippen molar-refractivity contribution in [3.05, 3.63) is 18.2 Å². The van der Waals surface area contributed by atoms with E-state index in [0.29, 0.717) is 5.75 Å². The Kier molecular flexibility index (Phi) is 2.00. The van der Waals surface area contributed by atoms with Gasteiger partial charge < -0.3 is 15.3 Å². The van der Waals surface area contributed by atoms with Crippen LogP contribution in [-0.4, -0.2) is 25.2 Å². The Bertz CT molecular complexity index is 312. The van der Waals surface area contributed by atoms with Crippen molar-refractivity contribution in [2.24, 2.45) is 0 Å². The summed E-state index contributed by atoms with van der Waals surface area (Å²) in [6.45, 7) is 1.96. The van der Waals surface area contributed by atoms with Crippen molar-refractivity contribution in [3.8, 4) is 5.75 Å². The number of benzene rings is 1. The van der Waals surface area contributed by atoms with Crippen LogP contribution in [0.15, 0.2) is 18.2 Å². The van der Waals surface area contributed by atoms with Gasteiger partial charge in [-0.1, -0.05) is 6.07 Å². The fourth-order valence-corrected chi connectivity index (χ4v) is 1.68. The highest BCUT2D eigenvalue weighted by Gasteiger charge is 2.13. The van der Waals surface area contributed by atoms with Crippen molar-refractivity contribution >= 4 is 11.4 Å². The monoisotopic (exact) mass is 178 g/mol. The van der Waals surface area contributed by atoms with Crippen LogP contribution in [0.5, 0.6) is 5.75 Å². The summed E-state index contributed by atoms with van der Waals surface area (Å²) in [5.41, 5.74) is 1.94. The van der Waals surface area contributed by atoms with Crippen molar-refractivity contribution in [2.75, 3.05) is 30.4 Å². The molecule has 2 rings (SSSR count). The number of phenols is 1. The molecule has 0 unspecified atom stereocenters. The Morgan fingerprint density at radius 3 is 3.15 bits per heavy atom. The quantitative estimate of drug-likeness (QED) is 0.593. The second kappa shape index (κ2) is 3.17. The average molecular weight is 178 g/mol. The molecule has 0 atom stereocenters. The molecule has 2 N–H and O–H groups in total. The zero-order chi connectivity index (χ0) is 9.26. The largest absolute Gasteiger partial charge is 0.506 e. The summed E-state index contributed by atoms with van der Waals surface area (Å²) in [5.74, 6) is 0.339. The molecule has 0 radical (unpaired) electrons. The van der Waals surface area contributed by atoms with Crippen LogP contribution in [0.4, 0.5) is 11.4 Å². The van der Waals surface area contributed by atoms with Crippen molar-refractivity contribution < 1.29 is 5.11 Å². The maximum Gasteiger partial charge on any atom is 0.140 e. The number of hydrogen-bond donors (Lipinski definition) is 2. The minimum Gasteiger partial charge on any atom is -0.506 e. The first kappa shape index (κ1) is 8.23. The van der Waals surface area contributed by atoms with Gasteiger partial charge in [-0.2, -0.15) is 0 Å². The van der Waals surface area contributed by atoms with E-state index >= 15 is 0 Å². The second-order valence-electron chi connectivity index (χ2n) is 3.37. The molecule has 0 amide bonds. The molecule has 3 heteroatoms. The molecule has 1 heterocycles. The van der Waals surface area contributed by atoms with Crippen LogP contribution in [0.1, 0.15) is 6.42 Å². The summed E-state index contributed by atoms with van der Waals surface area (Å²) in [5, 5.41) is 12.8. The molecular weight excluding hydrogens is 164 g/mol. The van der Waals surface area contributed by atoms with E-state index in [0.717, 1.165) is 30.9 Å². The van der Waals surface area contributed by atoms with Crippen molar-refractivity contribution in [1.82, 2.24) is 0 Å². The van der Waals surface area contributed by atoms with E-state index < -0.39 is 0 Å². The summed E-state index contributed by atoms with van der Waals surface area (Å²) >= 11 is 0. The third kappa shape index (κ3) is 1.41. The molecule has 0 bridgehead atoms. The second-order valence-corrected chi connectivity index (χ2v) is 3.37. The number of aromatic hydroxyl groups is 1. The molecule has 0 saturated heterocycles. The van der Waals surface area contributed by atoms with Gasteiger partial charge in [-0.05, 0) is 18.6 Å². The summed E-state index contributed by atoms with van der Waals surface area (Å²) in [6.07, 6.45) is 1.10. The Morgan fingerprint density at radius 1 is 1.46 bits per heavy atom. The molecule has 3 nitrogen and oxygen atoms in total. The maximum absolute atomic E-state index is 9.61. The Labute approximate surface area is 78.0 Å². The minimum absolute atomic E-state index is 0.339. The number of anilines is 2. The first-order valence-corrected chi connectivity index (χ1v) is 4.56. The molecule has 1 aliphatic rings. The van der Waals surface area contributed by atoms with Crippen LogP contribution in [0, 0.1) is 0 Å². The number of nitrogens with zero attached hydrogens (tertiary/aromatic N) is 1. The highest BCUT2D eigenvalue weighted by Crippen LogP contribution is 2.34. The maximum atomic E-state index is 9.61. The molecule has 0 fully saturated rings. The SMILES string of the molecule is CN1CCCNc2c(O)cccc21. The Balaban J connectivity index is 2.47. The lowest BCUT2D eigenvalue weighted by atomic mass is 10.2. The lowest BCUT2D eigenvalue weighted by molar-refractivity contribution is 0.477. The van der Waals surface area contributed by atoms with E-state index in [4.69, 9.17) is 0 Å². The first-order valence-electron chi connectivity index (χ1n) is 4.56. The topological polar surface area (TPSA) is 35.5 Å². The molecule has 1 aliphatic heterocycles. The molecule has 0 aliphatic carbocycles. The van der Waals surface area contributed by atoms with Gasteiger partial charge in [-0.25, -0.2) is 0 Å². The van der Waals surface area contributed by atoms with Crippen LogP contribution in [-0.2, 0) is 0 Å². The van der Waals surface area contributed by atoms with E-state index in [9.17, 15) is 5.11 Å². The number of fused-ring (bicyclic) bond motifs is 1. The van der Waals surface area contributed by atoms with Gasteiger partial charge in [0.05, 0.1) is 5.69 Å². The van der Waals surface area contributed by atoms with Crippen LogP contribution >= 0.6 is 0 Å². The van der Waals surface area contributed by atoms with Crippen LogP contribution in [0.3, 0.4) is 0 Å².